The van der Waals surface area contributed by atoms with Crippen LogP contribution in [0.3, 0.4) is 0 Å². The normalized spacial score (nSPS) is 15.4. The third-order valence-corrected chi connectivity index (χ3v) is 8.79. The van der Waals surface area contributed by atoms with E-state index in [4.69, 9.17) is 13.4 Å². The van der Waals surface area contributed by atoms with Crippen LogP contribution in [-0.2, 0) is 30.5 Å². The maximum atomic E-state index is 12.6. The summed E-state index contributed by atoms with van der Waals surface area (Å²) in [5.74, 6) is 0.444. The highest BCUT2D eigenvalue weighted by molar-refractivity contribution is 7.45. The van der Waals surface area contributed by atoms with E-state index in [9.17, 15) is 4.79 Å². The number of hydrogen-bond donors (Lipinski definition) is 1. The van der Waals surface area contributed by atoms with E-state index < -0.39 is 13.4 Å². The molecule has 1 N–H and O–H groups in total. The molecule has 0 saturated heterocycles. The van der Waals surface area contributed by atoms with Gasteiger partial charge in [0.2, 0.25) is 5.91 Å². The van der Waals surface area contributed by atoms with Crippen molar-refractivity contribution in [1.82, 2.24) is 4.98 Å². The molecule has 0 unspecified atom stereocenters. The van der Waals surface area contributed by atoms with Gasteiger partial charge in [0.25, 0.3) is 8.01 Å². The Morgan fingerprint density at radius 2 is 1.36 bits per heavy atom. The van der Waals surface area contributed by atoms with Crippen LogP contribution in [0.15, 0.2) is 50.9 Å². The second kappa shape index (κ2) is 9.12. The highest BCUT2D eigenvalue weighted by Gasteiger charge is 2.23. The minimum absolute atomic E-state index is 0.0726. The summed E-state index contributed by atoms with van der Waals surface area (Å²) in [6, 6.07) is 14.4. The quantitative estimate of drug-likeness (QED) is 0.300. The van der Waals surface area contributed by atoms with E-state index in [1.807, 2.05) is 39.0 Å². The fourth-order valence-electron chi connectivity index (χ4n) is 5.50. The summed E-state index contributed by atoms with van der Waals surface area (Å²) in [5.41, 5.74) is 7.73. The molecule has 6 heteroatoms. The zero-order chi connectivity index (χ0) is 24.9. The summed E-state index contributed by atoms with van der Waals surface area (Å²) in [4.78, 5) is 17.3. The van der Waals surface area contributed by atoms with E-state index in [1.165, 1.54) is 58.7 Å². The molecule has 36 heavy (non-hydrogen) atoms. The molecule has 2 aliphatic rings. The number of rotatable bonds is 2. The van der Waals surface area contributed by atoms with Crippen LogP contribution in [0.2, 0.25) is 0 Å². The molecule has 6 rings (SSSR count). The average Bonchev–Trinajstić information content (AvgIpc) is 3.05. The lowest BCUT2D eigenvalue weighted by atomic mass is 9.84. The molecule has 0 fully saturated rings. The van der Waals surface area contributed by atoms with Crippen LogP contribution in [0.25, 0.3) is 27.4 Å². The molecule has 0 bridgehead atoms. The number of anilines is 1. The zero-order valence-corrected chi connectivity index (χ0v) is 22.2. The smallest absolute Gasteiger partial charge is 0.272 e. The molecule has 1 amide bonds. The number of carbonyl (C=O) groups is 1. The Bertz CT molecular complexity index is 1450. The SMILES string of the molecule is CC(C)(C)C(=O)Nc1cccc(-p2oc3ccc4c(c3c3c5c(ccc3o2)CCCC5)CCCC4)n1. The molecule has 2 aromatic heterocycles. The standard InChI is InChI=1S/C30H33N2O3P/c1-30(2,3)29(33)32-25-13-8-14-26(31-25)36-34-23-17-15-19-9-4-6-11-21(19)27(23)28-22-12-7-5-10-20(22)16-18-24(28)35-36/h8,13-18H,4-7,9-12H2,1-3H3,(H,31,32,33). The maximum absolute atomic E-state index is 12.6. The van der Waals surface area contributed by atoms with Gasteiger partial charge in [-0.25, -0.2) is 4.98 Å². The Kier molecular flexibility index (Phi) is 5.92. The van der Waals surface area contributed by atoms with Gasteiger partial charge >= 0.3 is 0 Å². The second-order valence-electron chi connectivity index (χ2n) is 11.1. The summed E-state index contributed by atoms with van der Waals surface area (Å²) < 4.78 is 13.4. The molecule has 186 valence electrons. The van der Waals surface area contributed by atoms with E-state index in [-0.39, 0.29) is 5.91 Å². The van der Waals surface area contributed by atoms with Gasteiger partial charge in [0.1, 0.15) is 17.0 Å². The Morgan fingerprint density at radius 3 is 1.92 bits per heavy atom. The Hall–Kier alpha value is -3.04. The van der Waals surface area contributed by atoms with Crippen molar-refractivity contribution in [3.8, 4) is 5.44 Å². The van der Waals surface area contributed by atoms with Gasteiger partial charge in [-0.3, -0.25) is 4.79 Å². The first-order valence-corrected chi connectivity index (χ1v) is 14.3. The number of nitrogens with zero attached hydrogens (tertiary/aromatic N) is 1. The van der Waals surface area contributed by atoms with Gasteiger partial charge in [-0.1, -0.05) is 39.0 Å². The van der Waals surface area contributed by atoms with E-state index in [1.54, 1.807) is 0 Å². The first kappa shape index (κ1) is 23.4. The number of fused-ring (bicyclic) bond motifs is 7. The van der Waals surface area contributed by atoms with Crippen LogP contribution in [0.5, 0.6) is 0 Å². The van der Waals surface area contributed by atoms with Crippen molar-refractivity contribution in [2.45, 2.75) is 72.1 Å². The van der Waals surface area contributed by atoms with E-state index in [2.05, 4.69) is 29.6 Å². The molecule has 5 nitrogen and oxygen atoms in total. The molecule has 0 aliphatic heterocycles. The first-order chi connectivity index (χ1) is 17.4. The summed E-state index contributed by atoms with van der Waals surface area (Å²) >= 11 is 0. The Labute approximate surface area is 212 Å². The lowest BCUT2D eigenvalue weighted by molar-refractivity contribution is -0.123. The molecule has 0 radical (unpaired) electrons. The largest absolute Gasteiger partial charge is 0.415 e. The molecule has 2 aliphatic carbocycles. The van der Waals surface area contributed by atoms with Gasteiger partial charge in [-0.15, -0.1) is 0 Å². The third-order valence-electron chi connectivity index (χ3n) is 7.45. The summed E-state index contributed by atoms with van der Waals surface area (Å²) in [7, 11) is -1.52. The minimum atomic E-state index is -1.52. The molecular formula is C30H33N2O3P. The van der Waals surface area contributed by atoms with Gasteiger partial charge in [-0.2, -0.15) is 0 Å². The lowest BCUT2D eigenvalue weighted by Gasteiger charge is -2.20. The summed E-state index contributed by atoms with van der Waals surface area (Å²) in [6.07, 6.45) is 9.31. The van der Waals surface area contributed by atoms with Crippen molar-refractivity contribution in [3.05, 3.63) is 64.7 Å². The van der Waals surface area contributed by atoms with Gasteiger partial charge in [0.15, 0.2) is 5.44 Å². The highest BCUT2D eigenvalue weighted by atomic mass is 31.1. The van der Waals surface area contributed by atoms with E-state index in [0.717, 1.165) is 36.8 Å². The molecule has 0 atom stereocenters. The Morgan fingerprint density at radius 1 is 0.806 bits per heavy atom. The van der Waals surface area contributed by atoms with Gasteiger partial charge in [-0.05, 0) is 97.9 Å². The number of aromatic nitrogens is 1. The number of aryl methyl sites for hydroxylation is 4. The average molecular weight is 501 g/mol. The van der Waals surface area contributed by atoms with Crippen molar-refractivity contribution in [1.29, 1.82) is 0 Å². The molecular weight excluding hydrogens is 467 g/mol. The van der Waals surface area contributed by atoms with Gasteiger partial charge in [0, 0.05) is 16.2 Å². The zero-order valence-electron chi connectivity index (χ0n) is 21.3. The van der Waals surface area contributed by atoms with Crippen molar-refractivity contribution in [2.75, 3.05) is 5.32 Å². The van der Waals surface area contributed by atoms with Crippen molar-refractivity contribution >= 4 is 41.7 Å². The number of carbonyl (C=O) groups excluding carboxylic acids is 1. The van der Waals surface area contributed by atoms with E-state index >= 15 is 0 Å². The van der Waals surface area contributed by atoms with Crippen LogP contribution < -0.4 is 5.32 Å². The van der Waals surface area contributed by atoms with Crippen molar-refractivity contribution in [3.63, 3.8) is 0 Å². The summed E-state index contributed by atoms with van der Waals surface area (Å²) in [6.45, 7) is 5.68. The fourth-order valence-corrected chi connectivity index (χ4v) is 6.79. The molecule has 2 aromatic carbocycles. The molecule has 0 saturated carbocycles. The second-order valence-corrected chi connectivity index (χ2v) is 12.4. The molecule has 0 spiro atoms. The van der Waals surface area contributed by atoms with Crippen LogP contribution in [-0.4, -0.2) is 10.9 Å². The van der Waals surface area contributed by atoms with Gasteiger partial charge in [0.05, 0.1) is 0 Å². The predicted octanol–water partition coefficient (Wildman–Crippen LogP) is 8.42. The highest BCUT2D eigenvalue weighted by Crippen LogP contribution is 2.45. The number of amides is 1. The molecule has 2 heterocycles. The number of benzene rings is 2. The fraction of sp³-hybridized carbons (Fsp3) is 0.400. The minimum Gasteiger partial charge on any atom is -0.415 e. The van der Waals surface area contributed by atoms with Crippen molar-refractivity contribution in [2.24, 2.45) is 5.41 Å². The van der Waals surface area contributed by atoms with Crippen molar-refractivity contribution < 1.29 is 13.2 Å². The number of pyridine rings is 1. The number of nitrogens with one attached hydrogen (secondary N) is 1. The predicted molar refractivity (Wildman–Crippen MR) is 147 cm³/mol. The monoisotopic (exact) mass is 500 g/mol. The Balaban J connectivity index is 1.61. The van der Waals surface area contributed by atoms with Crippen LogP contribution in [0, 0.1) is 5.41 Å². The van der Waals surface area contributed by atoms with Crippen LogP contribution >= 0.6 is 8.01 Å². The summed E-state index contributed by atoms with van der Waals surface area (Å²) in [5, 5.41) is 5.42. The van der Waals surface area contributed by atoms with Crippen LogP contribution in [0.4, 0.5) is 5.82 Å². The lowest BCUT2D eigenvalue weighted by Crippen LogP contribution is -2.27. The van der Waals surface area contributed by atoms with Crippen LogP contribution in [0.1, 0.15) is 68.7 Å². The topological polar surface area (TPSA) is 68.3 Å². The first-order valence-electron chi connectivity index (χ1n) is 13.1. The molecule has 4 aromatic rings. The van der Waals surface area contributed by atoms with E-state index in [0.29, 0.717) is 11.3 Å². The maximum Gasteiger partial charge on any atom is 0.272 e. The van der Waals surface area contributed by atoms with Gasteiger partial charge < -0.3 is 13.7 Å². The third kappa shape index (κ3) is 4.24. The number of hydrogen-bond acceptors (Lipinski definition) is 4.